The maximum atomic E-state index is 6.15. The molecule has 0 aliphatic carbocycles. The van der Waals surface area contributed by atoms with Crippen molar-refractivity contribution in [3.63, 3.8) is 0 Å². The van der Waals surface area contributed by atoms with Gasteiger partial charge in [-0.15, -0.1) is 0 Å². The van der Waals surface area contributed by atoms with Gasteiger partial charge in [-0.2, -0.15) is 0 Å². The van der Waals surface area contributed by atoms with Crippen LogP contribution in [0.2, 0.25) is 5.02 Å². The molecule has 17 heavy (non-hydrogen) atoms. The summed E-state index contributed by atoms with van der Waals surface area (Å²) >= 11 is 6.15. The first kappa shape index (κ1) is 12.7. The van der Waals surface area contributed by atoms with Gasteiger partial charge in [0.05, 0.1) is 10.7 Å². The highest BCUT2D eigenvalue weighted by Gasteiger charge is 2.13. The van der Waals surface area contributed by atoms with Gasteiger partial charge in [0.25, 0.3) is 0 Å². The third-order valence-corrected chi connectivity index (χ3v) is 3.47. The van der Waals surface area contributed by atoms with Gasteiger partial charge in [-0.3, -0.25) is 0 Å². The summed E-state index contributed by atoms with van der Waals surface area (Å²) in [5.41, 5.74) is 0.955. The third-order valence-electron chi connectivity index (χ3n) is 3.13. The van der Waals surface area contributed by atoms with E-state index < -0.39 is 0 Å². The van der Waals surface area contributed by atoms with Crippen molar-refractivity contribution >= 4 is 17.4 Å². The van der Waals surface area contributed by atoms with Gasteiger partial charge < -0.3 is 10.2 Å². The Morgan fingerprint density at radius 1 is 1.29 bits per heavy atom. The highest BCUT2D eigenvalue weighted by atomic mass is 35.5. The first-order chi connectivity index (χ1) is 8.31. The molecule has 1 aliphatic rings. The fourth-order valence-corrected chi connectivity index (χ4v) is 2.31. The Bertz CT molecular complexity index is 362. The molecule has 3 nitrogen and oxygen atoms in total. The molecule has 1 aromatic rings. The van der Waals surface area contributed by atoms with E-state index in [1.165, 1.54) is 19.3 Å². The van der Waals surface area contributed by atoms with E-state index in [0.717, 1.165) is 42.7 Å². The van der Waals surface area contributed by atoms with Crippen molar-refractivity contribution in [3.05, 3.63) is 22.8 Å². The fourth-order valence-electron chi connectivity index (χ4n) is 2.14. The van der Waals surface area contributed by atoms with Gasteiger partial charge in [0.2, 0.25) is 0 Å². The molecule has 0 radical (unpaired) electrons. The highest BCUT2D eigenvalue weighted by molar-refractivity contribution is 6.31. The lowest BCUT2D eigenvalue weighted by molar-refractivity contribution is 0.572. The number of pyridine rings is 1. The average Bonchev–Trinajstić information content (AvgIpc) is 2.39. The fraction of sp³-hybridized carbons (Fsp3) is 0.615. The molecule has 4 heteroatoms. The Balaban J connectivity index is 2.11. The van der Waals surface area contributed by atoms with E-state index in [0.29, 0.717) is 0 Å². The van der Waals surface area contributed by atoms with Gasteiger partial charge in [-0.25, -0.2) is 4.98 Å². The van der Waals surface area contributed by atoms with Gasteiger partial charge in [-0.1, -0.05) is 18.5 Å². The molecular weight excluding hydrogens is 234 g/mol. The molecule has 1 fully saturated rings. The quantitative estimate of drug-likeness (QED) is 0.895. The third kappa shape index (κ3) is 3.33. The number of halogens is 1. The van der Waals surface area contributed by atoms with Crippen LogP contribution in [0.1, 0.15) is 31.9 Å². The van der Waals surface area contributed by atoms with Gasteiger partial charge in [0, 0.05) is 19.6 Å². The van der Waals surface area contributed by atoms with Crippen LogP contribution in [0.25, 0.3) is 0 Å². The standard InChI is InChI=1S/C13H20ClN3/c1-2-15-10-12-11(14)6-7-13(16-12)17-8-4-3-5-9-17/h6-7,15H,2-5,8-10H2,1H3. The lowest BCUT2D eigenvalue weighted by atomic mass is 10.1. The number of nitrogens with zero attached hydrogens (tertiary/aromatic N) is 2. The summed E-state index contributed by atoms with van der Waals surface area (Å²) in [6, 6.07) is 3.99. The first-order valence-electron chi connectivity index (χ1n) is 6.42. The highest BCUT2D eigenvalue weighted by Crippen LogP contribution is 2.22. The summed E-state index contributed by atoms with van der Waals surface area (Å²) in [6.07, 6.45) is 3.88. The van der Waals surface area contributed by atoms with Crippen molar-refractivity contribution in [3.8, 4) is 0 Å². The van der Waals surface area contributed by atoms with E-state index in [1.807, 2.05) is 12.1 Å². The molecule has 1 aliphatic heterocycles. The monoisotopic (exact) mass is 253 g/mol. The molecule has 94 valence electrons. The first-order valence-corrected chi connectivity index (χ1v) is 6.80. The minimum absolute atomic E-state index is 0.747. The van der Waals surface area contributed by atoms with E-state index in [2.05, 4.69) is 22.1 Å². The molecular formula is C13H20ClN3. The molecule has 0 saturated carbocycles. The number of hydrogen-bond donors (Lipinski definition) is 1. The van der Waals surface area contributed by atoms with Crippen molar-refractivity contribution < 1.29 is 0 Å². The number of piperidine rings is 1. The zero-order chi connectivity index (χ0) is 12.1. The van der Waals surface area contributed by atoms with Gasteiger partial charge in [0.1, 0.15) is 5.82 Å². The molecule has 1 saturated heterocycles. The summed E-state index contributed by atoms with van der Waals surface area (Å²) < 4.78 is 0. The topological polar surface area (TPSA) is 28.2 Å². The van der Waals surface area contributed by atoms with Crippen LogP contribution in [-0.2, 0) is 6.54 Å². The summed E-state index contributed by atoms with van der Waals surface area (Å²) in [7, 11) is 0. The second-order valence-corrected chi connectivity index (χ2v) is 4.83. The summed E-state index contributed by atoms with van der Waals surface area (Å²) in [5.74, 6) is 1.07. The molecule has 0 spiro atoms. The second-order valence-electron chi connectivity index (χ2n) is 4.43. The summed E-state index contributed by atoms with van der Waals surface area (Å²) in [6.45, 7) is 6.01. The van der Waals surface area contributed by atoms with Crippen LogP contribution in [0.15, 0.2) is 12.1 Å². The van der Waals surface area contributed by atoms with Gasteiger partial charge in [-0.05, 0) is 37.9 Å². The Kier molecular flexibility index (Phi) is 4.63. The zero-order valence-electron chi connectivity index (χ0n) is 10.4. The smallest absolute Gasteiger partial charge is 0.128 e. The number of hydrogen-bond acceptors (Lipinski definition) is 3. The lowest BCUT2D eigenvalue weighted by Gasteiger charge is -2.28. The van der Waals surface area contributed by atoms with E-state index in [4.69, 9.17) is 11.6 Å². The maximum absolute atomic E-state index is 6.15. The van der Waals surface area contributed by atoms with Crippen LogP contribution in [0.4, 0.5) is 5.82 Å². The van der Waals surface area contributed by atoms with E-state index >= 15 is 0 Å². The number of nitrogens with one attached hydrogen (secondary N) is 1. The lowest BCUT2D eigenvalue weighted by Crippen LogP contribution is -2.30. The predicted molar refractivity (Wildman–Crippen MR) is 72.7 cm³/mol. The van der Waals surface area contributed by atoms with E-state index in [9.17, 15) is 0 Å². The van der Waals surface area contributed by atoms with Crippen LogP contribution in [0, 0.1) is 0 Å². The predicted octanol–water partition coefficient (Wildman–Crippen LogP) is 2.83. The van der Waals surface area contributed by atoms with E-state index in [1.54, 1.807) is 0 Å². The molecule has 2 heterocycles. The van der Waals surface area contributed by atoms with Crippen molar-refractivity contribution in [2.75, 3.05) is 24.5 Å². The van der Waals surface area contributed by atoms with Crippen LogP contribution in [-0.4, -0.2) is 24.6 Å². The van der Waals surface area contributed by atoms with Gasteiger partial charge >= 0.3 is 0 Å². The van der Waals surface area contributed by atoms with Crippen molar-refractivity contribution in [1.82, 2.24) is 10.3 Å². The SMILES string of the molecule is CCNCc1nc(N2CCCCC2)ccc1Cl. The van der Waals surface area contributed by atoms with Gasteiger partial charge in [0.15, 0.2) is 0 Å². The summed E-state index contributed by atoms with van der Waals surface area (Å²) in [4.78, 5) is 7.02. The van der Waals surface area contributed by atoms with E-state index in [-0.39, 0.29) is 0 Å². The Labute approximate surface area is 108 Å². The molecule has 1 N–H and O–H groups in total. The van der Waals surface area contributed by atoms with Crippen molar-refractivity contribution in [2.24, 2.45) is 0 Å². The molecule has 2 rings (SSSR count). The minimum atomic E-state index is 0.747. The molecule has 0 bridgehead atoms. The normalized spacial score (nSPS) is 16.2. The molecule has 0 aromatic carbocycles. The molecule has 0 atom stereocenters. The number of anilines is 1. The zero-order valence-corrected chi connectivity index (χ0v) is 11.1. The Hall–Kier alpha value is -0.800. The van der Waals surface area contributed by atoms with Crippen LogP contribution < -0.4 is 10.2 Å². The minimum Gasteiger partial charge on any atom is -0.357 e. The van der Waals surface area contributed by atoms with Crippen molar-refractivity contribution in [2.45, 2.75) is 32.7 Å². The summed E-state index contributed by atoms with van der Waals surface area (Å²) in [5, 5.41) is 4.03. The second kappa shape index (κ2) is 6.22. The largest absolute Gasteiger partial charge is 0.357 e. The number of rotatable bonds is 4. The Morgan fingerprint density at radius 2 is 2.06 bits per heavy atom. The number of aromatic nitrogens is 1. The molecule has 0 amide bonds. The maximum Gasteiger partial charge on any atom is 0.128 e. The van der Waals surface area contributed by atoms with Crippen LogP contribution in [0.3, 0.4) is 0 Å². The molecule has 0 unspecified atom stereocenters. The van der Waals surface area contributed by atoms with Crippen LogP contribution >= 0.6 is 11.6 Å². The van der Waals surface area contributed by atoms with Crippen molar-refractivity contribution in [1.29, 1.82) is 0 Å². The van der Waals surface area contributed by atoms with Crippen LogP contribution in [0.5, 0.6) is 0 Å². The molecule has 1 aromatic heterocycles. The average molecular weight is 254 g/mol. The Morgan fingerprint density at radius 3 is 2.76 bits per heavy atom.